The van der Waals surface area contributed by atoms with Crippen LogP contribution in [0.5, 0.6) is 0 Å². The number of ether oxygens (including phenoxy) is 1. The van der Waals surface area contributed by atoms with Crippen molar-refractivity contribution in [2.75, 3.05) is 0 Å². The minimum atomic E-state index is -0.492. The van der Waals surface area contributed by atoms with Gasteiger partial charge in [-0.2, -0.15) is 0 Å². The van der Waals surface area contributed by atoms with Crippen molar-refractivity contribution in [3.05, 3.63) is 117 Å². The number of carbonyl (C=O) groups excluding carboxylic acids is 1. The summed E-state index contributed by atoms with van der Waals surface area (Å²) in [5.41, 5.74) is 4.62. The Balaban J connectivity index is 1.62. The number of nitro groups is 1. The number of nitro benzene ring substituents is 1. The molecule has 1 atom stereocenters. The molecule has 0 radical (unpaired) electrons. The second-order valence-corrected chi connectivity index (χ2v) is 6.87. The van der Waals surface area contributed by atoms with E-state index in [0.29, 0.717) is 5.56 Å². The Kier molecular flexibility index (Phi) is 5.20. The molecule has 0 amide bonds. The molecule has 0 spiro atoms. The van der Waals surface area contributed by atoms with E-state index in [2.05, 4.69) is 24.3 Å². The summed E-state index contributed by atoms with van der Waals surface area (Å²) < 4.78 is 5.74. The van der Waals surface area contributed by atoms with Crippen LogP contribution in [-0.2, 0) is 4.74 Å². The zero-order chi connectivity index (χ0) is 20.2. The fourth-order valence-corrected chi connectivity index (χ4v) is 3.49. The summed E-state index contributed by atoms with van der Waals surface area (Å²) in [6.45, 7) is 0. The fourth-order valence-electron chi connectivity index (χ4n) is 3.49. The van der Waals surface area contributed by atoms with Gasteiger partial charge in [0.05, 0.1) is 10.5 Å². The van der Waals surface area contributed by atoms with E-state index in [-0.39, 0.29) is 11.8 Å². The van der Waals surface area contributed by atoms with Crippen molar-refractivity contribution >= 4 is 17.2 Å². The van der Waals surface area contributed by atoms with E-state index < -0.39 is 10.9 Å². The molecule has 0 heterocycles. The largest absolute Gasteiger partial charge is 0.454 e. The molecule has 29 heavy (non-hydrogen) atoms. The van der Waals surface area contributed by atoms with Crippen molar-refractivity contribution in [1.82, 2.24) is 0 Å². The lowest BCUT2D eigenvalue weighted by Crippen LogP contribution is -2.29. The van der Waals surface area contributed by atoms with Crippen LogP contribution in [0.2, 0.25) is 0 Å². The Hall–Kier alpha value is -3.73. The van der Waals surface area contributed by atoms with Crippen LogP contribution in [-0.4, -0.2) is 17.0 Å². The molecule has 3 aromatic rings. The van der Waals surface area contributed by atoms with E-state index in [9.17, 15) is 14.9 Å². The highest BCUT2D eigenvalue weighted by molar-refractivity contribution is 5.90. The number of hydrogen-bond acceptors (Lipinski definition) is 4. The lowest BCUT2D eigenvalue weighted by Gasteiger charge is -2.32. The Labute approximate surface area is 168 Å². The predicted molar refractivity (Wildman–Crippen MR) is 110 cm³/mol. The summed E-state index contributed by atoms with van der Waals surface area (Å²) in [7, 11) is 0. The Morgan fingerprint density at radius 2 is 1.38 bits per heavy atom. The van der Waals surface area contributed by atoms with E-state index in [4.69, 9.17) is 4.74 Å². The second-order valence-electron chi connectivity index (χ2n) is 6.87. The number of rotatable bonds is 5. The van der Waals surface area contributed by atoms with Gasteiger partial charge in [0.2, 0.25) is 0 Å². The van der Waals surface area contributed by atoms with Crippen molar-refractivity contribution in [2.45, 2.75) is 18.9 Å². The van der Waals surface area contributed by atoms with Crippen molar-refractivity contribution < 1.29 is 14.5 Å². The second kappa shape index (κ2) is 8.10. The number of carbonyl (C=O) groups is 1. The van der Waals surface area contributed by atoms with E-state index in [1.165, 1.54) is 24.3 Å². The molecule has 1 fully saturated rings. The van der Waals surface area contributed by atoms with Gasteiger partial charge in [-0.15, -0.1) is 0 Å². The molecule has 3 aromatic carbocycles. The van der Waals surface area contributed by atoms with E-state index in [1.54, 1.807) is 0 Å². The summed E-state index contributed by atoms with van der Waals surface area (Å²) >= 11 is 0. The molecule has 1 saturated carbocycles. The lowest BCUT2D eigenvalue weighted by atomic mass is 9.80. The van der Waals surface area contributed by atoms with Gasteiger partial charge in [0.1, 0.15) is 6.10 Å². The van der Waals surface area contributed by atoms with Crippen molar-refractivity contribution in [2.24, 2.45) is 0 Å². The quantitative estimate of drug-likeness (QED) is 0.334. The molecule has 0 aromatic heterocycles. The average Bonchev–Trinajstić information content (AvgIpc) is 2.76. The first kappa shape index (κ1) is 18.6. The molecule has 4 rings (SSSR count). The molecule has 5 nitrogen and oxygen atoms in total. The third kappa shape index (κ3) is 3.94. The smallest absolute Gasteiger partial charge is 0.338 e. The van der Waals surface area contributed by atoms with Gasteiger partial charge >= 0.3 is 5.97 Å². The molecule has 0 N–H and O–H groups in total. The Bertz CT molecular complexity index is 1020. The SMILES string of the molecule is O=C(O[C@@H]1CCC1=C(c1ccccc1)c1ccccc1)c1ccc([N+](=O)[O-])cc1. The van der Waals surface area contributed by atoms with Crippen molar-refractivity contribution in [3.8, 4) is 0 Å². The number of hydrogen-bond donors (Lipinski definition) is 0. The van der Waals surface area contributed by atoms with Crippen LogP contribution in [0, 0.1) is 10.1 Å². The van der Waals surface area contributed by atoms with Gasteiger partial charge in [0, 0.05) is 12.1 Å². The van der Waals surface area contributed by atoms with Crippen LogP contribution in [0.1, 0.15) is 34.3 Å². The topological polar surface area (TPSA) is 69.4 Å². The lowest BCUT2D eigenvalue weighted by molar-refractivity contribution is -0.384. The normalized spacial score (nSPS) is 15.3. The summed E-state index contributed by atoms with van der Waals surface area (Å²) in [5, 5.41) is 10.8. The third-order valence-electron chi connectivity index (χ3n) is 5.07. The first-order chi connectivity index (χ1) is 14.1. The molecule has 0 unspecified atom stereocenters. The number of benzene rings is 3. The minimum absolute atomic E-state index is 0.0544. The monoisotopic (exact) mass is 385 g/mol. The molecule has 0 bridgehead atoms. The molecular weight excluding hydrogens is 366 g/mol. The zero-order valence-electron chi connectivity index (χ0n) is 15.7. The van der Waals surface area contributed by atoms with E-state index in [1.807, 2.05) is 36.4 Å². The predicted octanol–water partition coefficient (Wildman–Crippen LogP) is 5.42. The standard InChI is InChI=1S/C24H19NO4/c26-24(19-11-13-20(14-12-19)25(27)28)29-22-16-15-21(22)23(17-7-3-1-4-8-17)18-9-5-2-6-10-18/h1-14,22H,15-16H2/t22-/m1/s1. The highest BCUT2D eigenvalue weighted by atomic mass is 16.6. The minimum Gasteiger partial charge on any atom is -0.454 e. The van der Waals surface area contributed by atoms with Gasteiger partial charge in [-0.3, -0.25) is 10.1 Å². The highest BCUT2D eigenvalue weighted by Crippen LogP contribution is 2.39. The maximum atomic E-state index is 12.6. The Morgan fingerprint density at radius 3 is 1.83 bits per heavy atom. The van der Waals surface area contributed by atoms with Crippen LogP contribution >= 0.6 is 0 Å². The van der Waals surface area contributed by atoms with Gasteiger partial charge < -0.3 is 4.74 Å². The zero-order valence-corrected chi connectivity index (χ0v) is 15.7. The Morgan fingerprint density at radius 1 is 0.828 bits per heavy atom. The molecular formula is C24H19NO4. The van der Waals surface area contributed by atoms with Crippen LogP contribution in [0.3, 0.4) is 0 Å². The molecule has 0 aliphatic heterocycles. The van der Waals surface area contributed by atoms with Gasteiger partial charge in [-0.1, -0.05) is 60.7 Å². The van der Waals surface area contributed by atoms with Gasteiger partial charge in [-0.25, -0.2) is 4.79 Å². The van der Waals surface area contributed by atoms with Crippen LogP contribution in [0.25, 0.3) is 5.57 Å². The number of nitrogens with zero attached hydrogens (tertiary/aromatic N) is 1. The van der Waals surface area contributed by atoms with Crippen molar-refractivity contribution in [1.29, 1.82) is 0 Å². The van der Waals surface area contributed by atoms with E-state index in [0.717, 1.165) is 35.1 Å². The average molecular weight is 385 g/mol. The fraction of sp³-hybridized carbons (Fsp3) is 0.125. The molecule has 144 valence electrons. The summed E-state index contributed by atoms with van der Waals surface area (Å²) in [6, 6.07) is 25.6. The maximum Gasteiger partial charge on any atom is 0.338 e. The third-order valence-corrected chi connectivity index (χ3v) is 5.07. The van der Waals surface area contributed by atoms with Crippen LogP contribution in [0.15, 0.2) is 90.5 Å². The first-order valence-corrected chi connectivity index (χ1v) is 9.43. The first-order valence-electron chi connectivity index (χ1n) is 9.43. The van der Waals surface area contributed by atoms with E-state index >= 15 is 0 Å². The van der Waals surface area contributed by atoms with Crippen LogP contribution < -0.4 is 0 Å². The van der Waals surface area contributed by atoms with Crippen molar-refractivity contribution in [3.63, 3.8) is 0 Å². The van der Waals surface area contributed by atoms with Gasteiger partial charge in [0.25, 0.3) is 5.69 Å². The molecule has 0 saturated heterocycles. The summed E-state index contributed by atoms with van der Waals surface area (Å²) in [5.74, 6) is -0.470. The van der Waals surface area contributed by atoms with Gasteiger partial charge in [-0.05, 0) is 47.2 Å². The molecule has 1 aliphatic rings. The van der Waals surface area contributed by atoms with Gasteiger partial charge in [0.15, 0.2) is 0 Å². The van der Waals surface area contributed by atoms with Crippen LogP contribution in [0.4, 0.5) is 5.69 Å². The summed E-state index contributed by atoms with van der Waals surface area (Å²) in [6.07, 6.45) is 1.32. The maximum absolute atomic E-state index is 12.6. The molecule has 1 aliphatic carbocycles. The highest BCUT2D eigenvalue weighted by Gasteiger charge is 2.32. The number of non-ortho nitro benzene ring substituents is 1. The molecule has 5 heteroatoms. The number of esters is 1. The summed E-state index contributed by atoms with van der Waals surface area (Å²) in [4.78, 5) is 22.8.